The summed E-state index contributed by atoms with van der Waals surface area (Å²) in [6, 6.07) is 17.1. The SMILES string of the molecule is O=C(CCCC(=O)OCNC(=O)c1ccccc1)OCNC(=O)c1ccccc1. The molecule has 0 unspecified atom stereocenters. The van der Waals surface area contributed by atoms with E-state index < -0.39 is 11.9 Å². The van der Waals surface area contributed by atoms with E-state index >= 15 is 0 Å². The molecule has 0 heterocycles. The van der Waals surface area contributed by atoms with E-state index in [1.807, 2.05) is 0 Å². The highest BCUT2D eigenvalue weighted by Gasteiger charge is 2.10. The molecule has 0 bridgehead atoms. The Balaban J connectivity index is 1.52. The van der Waals surface area contributed by atoms with E-state index in [-0.39, 0.29) is 44.5 Å². The summed E-state index contributed by atoms with van der Waals surface area (Å²) < 4.78 is 9.80. The summed E-state index contributed by atoms with van der Waals surface area (Å²) in [6.07, 6.45) is 0.246. The van der Waals surface area contributed by atoms with Crippen molar-refractivity contribution >= 4 is 23.8 Å². The first-order chi connectivity index (χ1) is 14.1. The summed E-state index contributed by atoms with van der Waals surface area (Å²) in [5.41, 5.74) is 0.927. The molecule has 152 valence electrons. The van der Waals surface area contributed by atoms with Crippen LogP contribution in [0.5, 0.6) is 0 Å². The lowest BCUT2D eigenvalue weighted by atomic mass is 10.2. The minimum atomic E-state index is -0.538. The van der Waals surface area contributed by atoms with Gasteiger partial charge in [-0.05, 0) is 30.7 Å². The van der Waals surface area contributed by atoms with Crippen molar-refractivity contribution in [3.63, 3.8) is 0 Å². The third-order valence-electron chi connectivity index (χ3n) is 3.77. The molecule has 0 aromatic heterocycles. The maximum atomic E-state index is 11.8. The topological polar surface area (TPSA) is 111 Å². The van der Waals surface area contributed by atoms with Crippen molar-refractivity contribution < 1.29 is 28.7 Å². The van der Waals surface area contributed by atoms with Crippen LogP contribution in [0.25, 0.3) is 0 Å². The molecule has 0 atom stereocenters. The van der Waals surface area contributed by atoms with Gasteiger partial charge in [-0.1, -0.05) is 36.4 Å². The number of hydrogen-bond acceptors (Lipinski definition) is 6. The highest BCUT2D eigenvalue weighted by atomic mass is 16.5. The Morgan fingerprint density at radius 3 is 1.38 bits per heavy atom. The lowest BCUT2D eigenvalue weighted by molar-refractivity contribution is -0.145. The average Bonchev–Trinajstić information content (AvgIpc) is 2.75. The molecule has 2 aromatic rings. The number of carbonyl (C=O) groups is 4. The molecule has 8 nitrogen and oxygen atoms in total. The van der Waals surface area contributed by atoms with Gasteiger partial charge in [-0.3, -0.25) is 19.2 Å². The molecule has 2 aromatic carbocycles. The van der Waals surface area contributed by atoms with E-state index in [1.165, 1.54) is 0 Å². The predicted molar refractivity (Wildman–Crippen MR) is 104 cm³/mol. The lowest BCUT2D eigenvalue weighted by Crippen LogP contribution is -2.28. The maximum absolute atomic E-state index is 11.8. The monoisotopic (exact) mass is 398 g/mol. The van der Waals surface area contributed by atoms with Crippen molar-refractivity contribution in [1.82, 2.24) is 10.6 Å². The van der Waals surface area contributed by atoms with E-state index in [2.05, 4.69) is 10.6 Å². The molecule has 0 radical (unpaired) electrons. The van der Waals surface area contributed by atoms with Crippen LogP contribution in [-0.4, -0.2) is 37.2 Å². The van der Waals surface area contributed by atoms with Crippen molar-refractivity contribution in [3.8, 4) is 0 Å². The number of amides is 2. The molecule has 2 rings (SSSR count). The fourth-order valence-electron chi connectivity index (χ4n) is 2.27. The molecular weight excluding hydrogens is 376 g/mol. The van der Waals surface area contributed by atoms with Crippen molar-refractivity contribution in [2.45, 2.75) is 19.3 Å². The molecule has 2 N–H and O–H groups in total. The minimum absolute atomic E-state index is 0.00663. The second-order valence-corrected chi connectivity index (χ2v) is 5.92. The van der Waals surface area contributed by atoms with Crippen LogP contribution < -0.4 is 10.6 Å². The summed E-state index contributed by atoms with van der Waals surface area (Å²) >= 11 is 0. The van der Waals surface area contributed by atoms with Gasteiger partial charge >= 0.3 is 11.9 Å². The maximum Gasteiger partial charge on any atom is 0.307 e. The molecule has 0 fully saturated rings. The summed E-state index contributed by atoms with van der Waals surface area (Å²) in [5.74, 6) is -1.77. The van der Waals surface area contributed by atoms with Crippen LogP contribution in [0.3, 0.4) is 0 Å². The highest BCUT2D eigenvalue weighted by Crippen LogP contribution is 2.01. The first-order valence-corrected chi connectivity index (χ1v) is 9.04. The Morgan fingerprint density at radius 1 is 0.621 bits per heavy atom. The second kappa shape index (κ2) is 11.9. The van der Waals surface area contributed by atoms with Gasteiger partial charge in [-0.15, -0.1) is 0 Å². The fraction of sp³-hybridized carbons (Fsp3) is 0.238. The van der Waals surface area contributed by atoms with Gasteiger partial charge in [0, 0.05) is 24.0 Å². The van der Waals surface area contributed by atoms with Gasteiger partial charge in [0.2, 0.25) is 0 Å². The Hall–Kier alpha value is -3.68. The molecule has 2 amide bonds. The molecule has 0 aliphatic heterocycles. The van der Waals surface area contributed by atoms with Gasteiger partial charge in [0.15, 0.2) is 13.5 Å². The van der Waals surface area contributed by atoms with E-state index in [0.29, 0.717) is 11.1 Å². The summed E-state index contributed by atoms with van der Waals surface area (Å²) in [5, 5.41) is 4.93. The first kappa shape index (κ1) is 21.6. The Kier molecular flexibility index (Phi) is 8.88. The van der Waals surface area contributed by atoms with E-state index in [0.717, 1.165) is 0 Å². The normalized spacial score (nSPS) is 9.93. The number of benzene rings is 2. The second-order valence-electron chi connectivity index (χ2n) is 5.92. The van der Waals surface area contributed by atoms with Gasteiger partial charge in [0.1, 0.15) is 0 Å². The molecule has 29 heavy (non-hydrogen) atoms. The van der Waals surface area contributed by atoms with E-state index in [1.54, 1.807) is 60.7 Å². The summed E-state index contributed by atoms with van der Waals surface area (Å²) in [7, 11) is 0. The average molecular weight is 398 g/mol. The lowest BCUT2D eigenvalue weighted by Gasteiger charge is -2.08. The van der Waals surface area contributed by atoms with E-state index in [4.69, 9.17) is 9.47 Å². The standard InChI is InChI=1S/C21H22N2O6/c24-18(28-14-22-20(26)16-8-3-1-4-9-16)12-7-13-19(25)29-15-23-21(27)17-10-5-2-6-11-17/h1-6,8-11H,7,12-15H2,(H,22,26)(H,23,27). The molecule has 0 saturated heterocycles. The molecule has 0 aliphatic rings. The van der Waals surface area contributed by atoms with Crippen LogP contribution in [-0.2, 0) is 19.1 Å². The highest BCUT2D eigenvalue weighted by molar-refractivity contribution is 5.94. The summed E-state index contributed by atoms with van der Waals surface area (Å²) in [6.45, 7) is -0.495. The molecule has 0 saturated carbocycles. The number of nitrogens with one attached hydrogen (secondary N) is 2. The first-order valence-electron chi connectivity index (χ1n) is 9.04. The molecule has 8 heteroatoms. The van der Waals surface area contributed by atoms with Crippen LogP contribution >= 0.6 is 0 Å². The van der Waals surface area contributed by atoms with Crippen molar-refractivity contribution in [2.75, 3.05) is 13.5 Å². The van der Waals surface area contributed by atoms with Gasteiger partial charge in [-0.25, -0.2) is 0 Å². The van der Waals surface area contributed by atoms with Gasteiger partial charge in [-0.2, -0.15) is 0 Å². The van der Waals surface area contributed by atoms with Crippen LogP contribution in [0.4, 0.5) is 0 Å². The predicted octanol–water partition coefficient (Wildman–Crippen LogP) is 2.02. The third-order valence-corrected chi connectivity index (χ3v) is 3.77. The summed E-state index contributed by atoms with van der Waals surface area (Å²) in [4.78, 5) is 46.8. The number of esters is 2. The Bertz CT molecular complexity index is 754. The number of rotatable bonds is 10. The van der Waals surface area contributed by atoms with E-state index in [9.17, 15) is 19.2 Å². The fourth-order valence-corrected chi connectivity index (χ4v) is 2.27. The van der Waals surface area contributed by atoms with Crippen LogP contribution in [0, 0.1) is 0 Å². The minimum Gasteiger partial charge on any atom is -0.444 e. The third kappa shape index (κ3) is 8.25. The van der Waals surface area contributed by atoms with Crippen LogP contribution in [0.2, 0.25) is 0 Å². The number of carbonyl (C=O) groups excluding carboxylic acids is 4. The zero-order valence-electron chi connectivity index (χ0n) is 15.8. The molecular formula is C21H22N2O6. The molecule has 0 spiro atoms. The quantitative estimate of drug-likeness (QED) is 0.468. The zero-order valence-corrected chi connectivity index (χ0v) is 15.8. The smallest absolute Gasteiger partial charge is 0.307 e. The Morgan fingerprint density at radius 2 is 1.00 bits per heavy atom. The largest absolute Gasteiger partial charge is 0.444 e. The van der Waals surface area contributed by atoms with Crippen LogP contribution in [0.15, 0.2) is 60.7 Å². The number of ether oxygens (including phenoxy) is 2. The molecule has 0 aliphatic carbocycles. The zero-order chi connectivity index (χ0) is 20.9. The number of hydrogen-bond donors (Lipinski definition) is 2. The van der Waals surface area contributed by atoms with Gasteiger partial charge in [0.25, 0.3) is 11.8 Å². The van der Waals surface area contributed by atoms with Crippen LogP contribution in [0.1, 0.15) is 40.0 Å². The van der Waals surface area contributed by atoms with Crippen molar-refractivity contribution in [2.24, 2.45) is 0 Å². The Labute approximate surface area is 168 Å². The van der Waals surface area contributed by atoms with Crippen molar-refractivity contribution in [3.05, 3.63) is 71.8 Å². The van der Waals surface area contributed by atoms with Gasteiger partial charge < -0.3 is 20.1 Å². The van der Waals surface area contributed by atoms with Crippen molar-refractivity contribution in [1.29, 1.82) is 0 Å². The van der Waals surface area contributed by atoms with Gasteiger partial charge in [0.05, 0.1) is 0 Å².